The highest BCUT2D eigenvalue weighted by molar-refractivity contribution is 6.04. The molecule has 3 atom stereocenters. The summed E-state index contributed by atoms with van der Waals surface area (Å²) < 4.78 is 35.3. The summed E-state index contributed by atoms with van der Waals surface area (Å²) in [6.45, 7) is 8.14. The van der Waals surface area contributed by atoms with E-state index in [2.05, 4.69) is 46.2 Å². The summed E-state index contributed by atoms with van der Waals surface area (Å²) in [7, 11) is 6.61. The van der Waals surface area contributed by atoms with Crippen molar-refractivity contribution in [2.75, 3.05) is 66.2 Å². The van der Waals surface area contributed by atoms with Gasteiger partial charge in [0, 0.05) is 45.3 Å². The molecule has 0 bridgehead atoms. The first-order valence-electron chi connectivity index (χ1n) is 22.3. The Morgan fingerprint density at radius 2 is 1.77 bits per heavy atom. The first kappa shape index (κ1) is 45.6. The minimum atomic E-state index is -1.38. The van der Waals surface area contributed by atoms with Crippen molar-refractivity contribution in [3.8, 4) is 11.6 Å². The smallest absolute Gasteiger partial charge is 0.408 e. The molecule has 2 aliphatic heterocycles. The number of likely N-dealkylation sites (N-methyl/N-ethyl adjacent to an activating group) is 1. The highest BCUT2D eigenvalue weighted by atomic mass is 19.1. The number of aromatic nitrogens is 8. The number of hydrogen-bond acceptors (Lipinski definition) is 16. The number of hydrogen-bond donors (Lipinski definition) is 4. The average Bonchev–Trinajstić information content (AvgIpc) is 4.11. The predicted octanol–water partition coefficient (Wildman–Crippen LogP) is 5.23. The third kappa shape index (κ3) is 9.52. The molecule has 66 heavy (non-hydrogen) atoms. The monoisotopic (exact) mass is 911 g/mol. The van der Waals surface area contributed by atoms with E-state index in [0.717, 1.165) is 31.5 Å². The highest BCUT2D eigenvalue weighted by Gasteiger charge is 2.41. The van der Waals surface area contributed by atoms with Gasteiger partial charge in [0.25, 0.3) is 11.8 Å². The minimum absolute atomic E-state index is 0.0368. The summed E-state index contributed by atoms with van der Waals surface area (Å²) in [6.07, 6.45) is 8.47. The number of methoxy groups -OCH3 is 2. The summed E-state index contributed by atoms with van der Waals surface area (Å²) in [4.78, 5) is 68.0. The molecular formula is C44H58FN15O6. The first-order chi connectivity index (χ1) is 31.6. The molecule has 0 spiro atoms. The fraction of sp³-hybridized carbons (Fsp3) is 0.523. The molecule has 4 N–H and O–H groups in total. The molecule has 1 aliphatic carbocycles. The van der Waals surface area contributed by atoms with Crippen LogP contribution in [-0.2, 0) is 23.1 Å². The standard InChI is InChI=1S/C44H58FN15O6/c1-9-31-40(62)57(6)32-20-47-41(53-36(32)60(31)26-13-10-11-14-26)50-28-16-15-25(19-33(28)64-7)38(61)46-17-12-18-59-23-30(39(55-59)65-8)49-35-34-37(56(5)24-48-34)54-42(52-35)58-21-27(45)29(22-58)51-43(63)66-44(2,3)4/h15-16,19-20,23-24,26-27,29,31H,9-14,17-18,21-22H2,1-8H3,(H,46,61)(H,51,63)(H,47,50,53)(H,49,52,54)/t27-,29-,31?/m1/s1. The lowest BCUT2D eigenvalue weighted by Gasteiger charge is -2.43. The molecule has 8 rings (SSSR count). The van der Waals surface area contributed by atoms with Gasteiger partial charge in [-0.3, -0.25) is 14.3 Å². The van der Waals surface area contributed by atoms with Crippen LogP contribution >= 0.6 is 0 Å². The Morgan fingerprint density at radius 1 is 0.985 bits per heavy atom. The van der Waals surface area contributed by atoms with Crippen molar-refractivity contribution < 1.29 is 33.0 Å². The molecule has 3 aliphatic rings. The molecular weight excluding hydrogens is 854 g/mol. The maximum absolute atomic E-state index is 15.2. The molecule has 0 radical (unpaired) electrons. The zero-order valence-electron chi connectivity index (χ0n) is 38.6. The van der Waals surface area contributed by atoms with Crippen LogP contribution in [0.3, 0.4) is 0 Å². The summed E-state index contributed by atoms with van der Waals surface area (Å²) >= 11 is 0. The summed E-state index contributed by atoms with van der Waals surface area (Å²) in [5.74, 6) is 2.20. The number of aryl methyl sites for hydroxylation is 2. The molecule has 21 nitrogen and oxygen atoms in total. The number of amides is 3. The van der Waals surface area contributed by atoms with Gasteiger partial charge in [-0.05, 0) is 64.7 Å². The first-order valence-corrected chi connectivity index (χ1v) is 22.3. The highest BCUT2D eigenvalue weighted by Crippen LogP contribution is 2.40. The number of alkyl halides is 1. The van der Waals surface area contributed by atoms with Crippen LogP contribution in [0.5, 0.6) is 11.6 Å². The molecule has 1 unspecified atom stereocenters. The van der Waals surface area contributed by atoms with E-state index in [1.165, 1.54) is 14.2 Å². The van der Waals surface area contributed by atoms with Crippen molar-refractivity contribution in [1.82, 2.24) is 49.9 Å². The van der Waals surface area contributed by atoms with E-state index >= 15 is 4.39 Å². The Kier molecular flexibility index (Phi) is 13.0. The van der Waals surface area contributed by atoms with Gasteiger partial charge in [0.2, 0.25) is 17.8 Å². The molecule has 5 aromatic rings. The lowest BCUT2D eigenvalue weighted by Crippen LogP contribution is -2.55. The number of carbonyl (C=O) groups is 3. The number of benzene rings is 1. The Balaban J connectivity index is 0.891. The summed E-state index contributed by atoms with van der Waals surface area (Å²) in [5.41, 5.74) is 2.44. The number of carbonyl (C=O) groups excluding carboxylic acids is 3. The predicted molar refractivity (Wildman–Crippen MR) is 246 cm³/mol. The molecule has 6 heterocycles. The fourth-order valence-electron chi connectivity index (χ4n) is 8.67. The zero-order valence-corrected chi connectivity index (χ0v) is 38.6. The molecule has 4 aromatic heterocycles. The molecule has 1 saturated heterocycles. The maximum atomic E-state index is 15.2. The molecule has 1 saturated carbocycles. The fourth-order valence-corrected chi connectivity index (χ4v) is 8.67. The van der Waals surface area contributed by atoms with E-state index in [1.54, 1.807) is 90.8 Å². The Hall–Kier alpha value is -7.00. The number of halogens is 1. The van der Waals surface area contributed by atoms with Gasteiger partial charge in [0.1, 0.15) is 34.9 Å². The average molecular weight is 912 g/mol. The van der Waals surface area contributed by atoms with Gasteiger partial charge in [-0.15, -0.1) is 5.10 Å². The summed E-state index contributed by atoms with van der Waals surface area (Å²) in [5, 5.41) is 16.7. The lowest BCUT2D eigenvalue weighted by molar-refractivity contribution is -0.120. The van der Waals surface area contributed by atoms with Crippen molar-refractivity contribution >= 4 is 69.7 Å². The largest absolute Gasteiger partial charge is 0.495 e. The molecule has 1 aromatic carbocycles. The number of nitrogens with one attached hydrogen (secondary N) is 4. The third-order valence-electron chi connectivity index (χ3n) is 11.9. The number of ether oxygens (including phenoxy) is 3. The second-order valence-electron chi connectivity index (χ2n) is 17.7. The van der Waals surface area contributed by atoms with E-state index in [-0.39, 0.29) is 42.9 Å². The van der Waals surface area contributed by atoms with E-state index < -0.39 is 23.9 Å². The van der Waals surface area contributed by atoms with Crippen LogP contribution in [0.1, 0.15) is 76.6 Å². The number of imidazole rings is 1. The van der Waals surface area contributed by atoms with Gasteiger partial charge in [0.15, 0.2) is 22.8 Å². The van der Waals surface area contributed by atoms with Gasteiger partial charge in [-0.25, -0.2) is 19.2 Å². The van der Waals surface area contributed by atoms with E-state index in [0.29, 0.717) is 83.1 Å². The van der Waals surface area contributed by atoms with Crippen molar-refractivity contribution in [3.05, 3.63) is 42.5 Å². The normalized spacial score (nSPS) is 18.7. The van der Waals surface area contributed by atoms with Crippen molar-refractivity contribution in [2.45, 2.75) is 103 Å². The van der Waals surface area contributed by atoms with Crippen LogP contribution in [0.25, 0.3) is 11.2 Å². The molecule has 3 amide bonds. The third-order valence-corrected chi connectivity index (χ3v) is 11.9. The lowest BCUT2D eigenvalue weighted by atomic mass is 10.0. The Morgan fingerprint density at radius 3 is 2.50 bits per heavy atom. The van der Waals surface area contributed by atoms with Crippen LogP contribution < -0.4 is 45.4 Å². The quantitative estimate of drug-likeness (QED) is 0.0988. The van der Waals surface area contributed by atoms with E-state index in [1.807, 2.05) is 6.92 Å². The van der Waals surface area contributed by atoms with E-state index in [4.69, 9.17) is 24.2 Å². The summed E-state index contributed by atoms with van der Waals surface area (Å²) in [6, 6.07) is 4.25. The van der Waals surface area contributed by atoms with Crippen molar-refractivity contribution in [3.63, 3.8) is 0 Å². The van der Waals surface area contributed by atoms with Gasteiger partial charge in [-0.2, -0.15) is 15.0 Å². The van der Waals surface area contributed by atoms with Crippen LogP contribution in [0, 0.1) is 0 Å². The van der Waals surface area contributed by atoms with Gasteiger partial charge < -0.3 is 54.7 Å². The second kappa shape index (κ2) is 18.8. The molecule has 352 valence electrons. The maximum Gasteiger partial charge on any atom is 0.408 e. The van der Waals surface area contributed by atoms with Crippen molar-refractivity contribution in [2.24, 2.45) is 7.05 Å². The number of alkyl carbamates (subject to hydrolysis) is 1. The Labute approximate surface area is 381 Å². The van der Waals surface area contributed by atoms with Gasteiger partial charge in [-0.1, -0.05) is 19.8 Å². The number of fused-ring (bicyclic) bond motifs is 2. The van der Waals surface area contributed by atoms with Crippen LogP contribution in [0.4, 0.5) is 49.8 Å². The SMILES string of the molecule is CCC1C(=O)N(C)c2cnc(Nc3ccc(C(=O)NCCCn4cc(Nc5nc(N6C[C@@H](F)[C@H](NC(=O)OC(C)(C)C)C6)nc6c5ncn6C)c(OC)n4)cc3OC)nc2N1C1CCCC1. The van der Waals surface area contributed by atoms with Gasteiger partial charge >= 0.3 is 6.09 Å². The number of nitrogens with zero attached hydrogens (tertiary/aromatic N) is 11. The molecule has 2 fully saturated rings. The minimum Gasteiger partial charge on any atom is -0.495 e. The second-order valence-corrected chi connectivity index (χ2v) is 17.7. The molecule has 22 heteroatoms. The Bertz CT molecular complexity index is 2590. The zero-order chi connectivity index (χ0) is 46.9. The van der Waals surface area contributed by atoms with Crippen LogP contribution in [0.2, 0.25) is 0 Å². The van der Waals surface area contributed by atoms with Crippen LogP contribution in [0.15, 0.2) is 36.9 Å². The van der Waals surface area contributed by atoms with Crippen LogP contribution in [-0.4, -0.2) is 128 Å². The van der Waals surface area contributed by atoms with Gasteiger partial charge in [0.05, 0.1) is 51.2 Å². The number of rotatable bonds is 15. The number of anilines is 7. The topological polar surface area (TPSA) is 224 Å². The van der Waals surface area contributed by atoms with E-state index in [9.17, 15) is 14.4 Å². The van der Waals surface area contributed by atoms with Crippen molar-refractivity contribution in [1.29, 1.82) is 0 Å².